The molecule has 290 valence electrons. The predicted molar refractivity (Wildman–Crippen MR) is 214 cm³/mol. The van der Waals surface area contributed by atoms with Crippen molar-refractivity contribution in [1.82, 2.24) is 30.3 Å². The van der Waals surface area contributed by atoms with Gasteiger partial charge >= 0.3 is 0 Å². The number of likely N-dealkylation sites (N-methyl/N-ethyl adjacent to an activating group) is 1. The minimum Gasteiger partial charge on any atom is -0.370 e. The van der Waals surface area contributed by atoms with Crippen molar-refractivity contribution >= 4 is 52.1 Å². The molecule has 8 rings (SSSR count). The average molecular weight is 748 g/mol. The smallest absolute Gasteiger partial charge is 0.254 e. The summed E-state index contributed by atoms with van der Waals surface area (Å²) in [6.07, 6.45) is 6.74. The van der Waals surface area contributed by atoms with Crippen molar-refractivity contribution in [3.05, 3.63) is 59.3 Å². The number of nitrogens with zero attached hydrogens (tertiary/aromatic N) is 6. The molecule has 4 aromatic rings. The number of fused-ring (bicyclic) bond motifs is 2. The van der Waals surface area contributed by atoms with Gasteiger partial charge in [-0.1, -0.05) is 26.0 Å². The lowest BCUT2D eigenvalue weighted by molar-refractivity contribution is -0.134. The van der Waals surface area contributed by atoms with Gasteiger partial charge in [0.2, 0.25) is 18.2 Å². The number of imide groups is 1. The molecule has 3 fully saturated rings. The molecule has 2 aromatic heterocycles. The number of para-hydroxylation sites is 1. The molecule has 55 heavy (non-hydrogen) atoms. The van der Waals surface area contributed by atoms with Crippen LogP contribution in [0, 0.1) is 11.3 Å². The van der Waals surface area contributed by atoms with E-state index < -0.39 is 6.04 Å². The number of anilines is 3. The topological polar surface area (TPSA) is 141 Å². The maximum Gasteiger partial charge on any atom is 0.254 e. The summed E-state index contributed by atoms with van der Waals surface area (Å²) in [4.78, 5) is 64.1. The van der Waals surface area contributed by atoms with Crippen LogP contribution in [0.3, 0.4) is 0 Å². The van der Waals surface area contributed by atoms with Crippen molar-refractivity contribution in [1.29, 1.82) is 0 Å². The minimum absolute atomic E-state index is 0.0759. The lowest BCUT2D eigenvalue weighted by Gasteiger charge is -2.40. The number of carbonyl (C=O) groups excluding carboxylic acids is 4. The van der Waals surface area contributed by atoms with Gasteiger partial charge in [0.05, 0.1) is 22.8 Å². The van der Waals surface area contributed by atoms with Crippen molar-refractivity contribution in [2.24, 2.45) is 11.3 Å². The van der Waals surface area contributed by atoms with E-state index in [1.807, 2.05) is 53.2 Å². The molecule has 13 nitrogen and oxygen atoms in total. The Labute approximate surface area is 322 Å². The van der Waals surface area contributed by atoms with Crippen LogP contribution in [0.15, 0.2) is 42.5 Å². The quantitative estimate of drug-likeness (QED) is 0.167. The molecule has 3 N–H and O–H groups in total. The van der Waals surface area contributed by atoms with Crippen LogP contribution in [0.1, 0.15) is 67.6 Å². The molecular formula is C42H53N9O4. The summed E-state index contributed by atoms with van der Waals surface area (Å²) in [5, 5.41) is 11.5. The van der Waals surface area contributed by atoms with Gasteiger partial charge in [-0.25, -0.2) is 0 Å². The predicted octanol–water partition coefficient (Wildman–Crippen LogP) is 4.58. The summed E-state index contributed by atoms with van der Waals surface area (Å²) in [7, 11) is 3.60. The number of aromatic amines is 2. The van der Waals surface area contributed by atoms with Crippen LogP contribution >= 0.6 is 0 Å². The highest BCUT2D eigenvalue weighted by Crippen LogP contribution is 2.41. The first-order valence-electron chi connectivity index (χ1n) is 19.8. The number of piperazine rings is 1. The molecule has 0 bridgehead atoms. The number of hydrogen-bond donors (Lipinski definition) is 3. The second-order valence-electron chi connectivity index (χ2n) is 16.8. The first kappa shape index (κ1) is 36.8. The van der Waals surface area contributed by atoms with E-state index in [0.29, 0.717) is 31.0 Å². The third kappa shape index (κ3) is 7.33. The number of aromatic nitrogens is 3. The van der Waals surface area contributed by atoms with Gasteiger partial charge in [-0.2, -0.15) is 5.10 Å². The Bertz CT molecular complexity index is 2100. The van der Waals surface area contributed by atoms with E-state index in [9.17, 15) is 19.2 Å². The van der Waals surface area contributed by atoms with Crippen molar-refractivity contribution in [2.75, 3.05) is 74.6 Å². The van der Waals surface area contributed by atoms with Crippen LogP contribution in [0.5, 0.6) is 0 Å². The average Bonchev–Trinajstić information content (AvgIpc) is 3.80. The number of nitrogens with one attached hydrogen (secondary N) is 3. The molecule has 1 aliphatic carbocycles. The summed E-state index contributed by atoms with van der Waals surface area (Å²) in [5.41, 5.74) is 9.00. The lowest BCUT2D eigenvalue weighted by atomic mass is 9.76. The Kier molecular flexibility index (Phi) is 9.91. The minimum atomic E-state index is -0.490. The van der Waals surface area contributed by atoms with E-state index in [-0.39, 0.29) is 29.6 Å². The second kappa shape index (κ2) is 14.8. The van der Waals surface area contributed by atoms with Crippen molar-refractivity contribution in [3.63, 3.8) is 0 Å². The Balaban J connectivity index is 0.859. The first-order valence-corrected chi connectivity index (χ1v) is 19.8. The Morgan fingerprint density at radius 2 is 1.76 bits per heavy atom. The van der Waals surface area contributed by atoms with Crippen LogP contribution in [0.25, 0.3) is 22.3 Å². The van der Waals surface area contributed by atoms with Crippen LogP contribution in [-0.4, -0.2) is 115 Å². The molecule has 3 saturated heterocycles. The van der Waals surface area contributed by atoms with Crippen molar-refractivity contribution in [3.8, 4) is 11.4 Å². The first-order chi connectivity index (χ1) is 26.5. The van der Waals surface area contributed by atoms with Crippen LogP contribution in [0.4, 0.5) is 17.1 Å². The third-order valence-corrected chi connectivity index (χ3v) is 12.5. The molecular weight excluding hydrogens is 695 g/mol. The molecule has 3 aliphatic heterocycles. The zero-order chi connectivity index (χ0) is 38.4. The molecule has 4 aliphatic rings. The zero-order valence-electron chi connectivity index (χ0n) is 32.5. The molecule has 1 atom stereocenters. The van der Waals surface area contributed by atoms with E-state index in [4.69, 9.17) is 5.10 Å². The Hall–Kier alpha value is -5.17. The molecule has 0 radical (unpaired) electrons. The zero-order valence-corrected chi connectivity index (χ0v) is 32.5. The van der Waals surface area contributed by atoms with E-state index >= 15 is 0 Å². The molecule has 0 saturated carbocycles. The summed E-state index contributed by atoms with van der Waals surface area (Å²) in [5.74, 6) is 0.0538. The fraction of sp³-hybridized carbons (Fsp3) is 0.500. The normalized spacial score (nSPS) is 20.7. The fourth-order valence-electron chi connectivity index (χ4n) is 9.19. The van der Waals surface area contributed by atoms with Crippen LogP contribution < -0.4 is 20.0 Å². The highest BCUT2D eigenvalue weighted by atomic mass is 16.2. The Morgan fingerprint density at radius 3 is 2.51 bits per heavy atom. The summed E-state index contributed by atoms with van der Waals surface area (Å²) >= 11 is 0. The summed E-state index contributed by atoms with van der Waals surface area (Å²) < 4.78 is 0. The monoisotopic (exact) mass is 747 g/mol. The molecule has 0 spiro atoms. The van der Waals surface area contributed by atoms with Gasteiger partial charge in [0.1, 0.15) is 11.7 Å². The summed E-state index contributed by atoms with van der Waals surface area (Å²) in [6.45, 7) is 10.5. The van der Waals surface area contributed by atoms with Gasteiger partial charge in [0, 0.05) is 94.1 Å². The van der Waals surface area contributed by atoms with Gasteiger partial charge < -0.3 is 24.6 Å². The molecule has 13 heteroatoms. The lowest BCUT2D eigenvalue weighted by Crippen LogP contribution is -2.51. The standard InChI is InChI=1S/C42H53N9O4/c1-42(2)15-12-30-33(24-42)45-46-38(30)32-22-28-8-9-29(23-31(28)43-32)41(55)51-20-18-49(19-21-51)25-27-13-16-50(17-14-27)35-7-5-6-34(39(35)47(3)26-52)48(4)36-10-11-37(53)44-40(36)54/h5-9,22-23,26-27,36,43H,10-21,24-25H2,1-4H3,(H,45,46)(H,44,53,54). The number of rotatable bonds is 9. The van der Waals surface area contributed by atoms with Gasteiger partial charge in [0.25, 0.3) is 5.91 Å². The van der Waals surface area contributed by atoms with Gasteiger partial charge in [-0.3, -0.25) is 34.5 Å². The van der Waals surface area contributed by atoms with Crippen molar-refractivity contribution in [2.45, 2.75) is 64.8 Å². The van der Waals surface area contributed by atoms with Crippen LogP contribution in [0.2, 0.25) is 0 Å². The van der Waals surface area contributed by atoms with Gasteiger partial charge in [-0.05, 0) is 80.2 Å². The Morgan fingerprint density at radius 1 is 0.982 bits per heavy atom. The molecule has 2 aromatic carbocycles. The second-order valence-corrected chi connectivity index (χ2v) is 16.8. The van der Waals surface area contributed by atoms with E-state index in [2.05, 4.69) is 45.1 Å². The number of piperidine rings is 2. The summed E-state index contributed by atoms with van der Waals surface area (Å²) in [6, 6.07) is 13.6. The van der Waals surface area contributed by atoms with Crippen molar-refractivity contribution < 1.29 is 19.2 Å². The van der Waals surface area contributed by atoms with E-state index in [0.717, 1.165) is 111 Å². The number of carbonyl (C=O) groups is 4. The van der Waals surface area contributed by atoms with Gasteiger partial charge in [-0.15, -0.1) is 0 Å². The SMILES string of the molecule is CN(C=O)c1c(N2CCC(CN3CCN(C(=O)c4ccc5cc(-c6n[nH]c7c6CCC(C)(C)C7)[nH]c5c4)CC3)CC2)cccc1N(C)C1CCC(=O)NC1=O. The number of hydrogen-bond acceptors (Lipinski definition) is 8. The molecule has 4 amide bonds. The van der Waals surface area contributed by atoms with E-state index in [1.54, 1.807) is 11.9 Å². The fourth-order valence-corrected chi connectivity index (χ4v) is 9.19. The third-order valence-electron chi connectivity index (χ3n) is 12.5. The van der Waals surface area contributed by atoms with Crippen LogP contribution in [-0.2, 0) is 27.2 Å². The number of H-pyrrole nitrogens is 2. The van der Waals surface area contributed by atoms with Gasteiger partial charge in [0.15, 0.2) is 0 Å². The van der Waals surface area contributed by atoms with E-state index in [1.165, 1.54) is 11.3 Å². The maximum absolute atomic E-state index is 13.7. The molecule has 1 unspecified atom stereocenters. The molecule has 5 heterocycles. The largest absolute Gasteiger partial charge is 0.370 e. The number of benzene rings is 2. The maximum atomic E-state index is 13.7. The highest BCUT2D eigenvalue weighted by Gasteiger charge is 2.34. The highest BCUT2D eigenvalue weighted by molar-refractivity contribution is 6.03. The number of amides is 4.